The highest BCUT2D eigenvalue weighted by Crippen LogP contribution is 2.35. The summed E-state index contributed by atoms with van der Waals surface area (Å²) in [5.74, 6) is 1.82. The van der Waals surface area contributed by atoms with Crippen molar-refractivity contribution in [1.29, 1.82) is 0 Å². The molecule has 0 unspecified atom stereocenters. The number of nitrogens with zero attached hydrogens (tertiary/aromatic N) is 2. The van der Waals surface area contributed by atoms with Gasteiger partial charge < -0.3 is 4.90 Å². The van der Waals surface area contributed by atoms with Gasteiger partial charge in [-0.15, -0.1) is 0 Å². The number of benzene rings is 2. The minimum Gasteiger partial charge on any atom is -0.303 e. The smallest absolute Gasteiger partial charge is 0.0308 e. The Morgan fingerprint density at radius 2 is 1.48 bits per heavy atom. The highest BCUT2D eigenvalue weighted by Gasteiger charge is 2.24. The molecule has 2 aromatic rings. The molecular formula is C24H32N2S. The molecular weight excluding hydrogens is 348 g/mol. The molecule has 2 nitrogen and oxygen atoms in total. The lowest BCUT2D eigenvalue weighted by Gasteiger charge is -2.36. The minimum atomic E-state index is 0.889. The fourth-order valence-corrected chi connectivity index (χ4v) is 5.43. The maximum Gasteiger partial charge on any atom is 0.0308 e. The van der Waals surface area contributed by atoms with Gasteiger partial charge in [0, 0.05) is 24.5 Å². The van der Waals surface area contributed by atoms with Crippen molar-refractivity contribution in [3.8, 4) is 11.1 Å². The molecule has 0 spiro atoms. The quantitative estimate of drug-likeness (QED) is 0.605. The van der Waals surface area contributed by atoms with Crippen LogP contribution in [0.3, 0.4) is 0 Å². The van der Waals surface area contributed by atoms with Gasteiger partial charge in [0.15, 0.2) is 0 Å². The molecule has 4 rings (SSSR count). The summed E-state index contributed by atoms with van der Waals surface area (Å²) in [6.07, 6.45) is 5.47. The highest BCUT2D eigenvalue weighted by molar-refractivity contribution is 7.97. The second kappa shape index (κ2) is 9.27. The Kier molecular flexibility index (Phi) is 6.54. The summed E-state index contributed by atoms with van der Waals surface area (Å²) in [5, 5.41) is 0. The summed E-state index contributed by atoms with van der Waals surface area (Å²) in [4.78, 5) is 4.10. The van der Waals surface area contributed by atoms with E-state index >= 15 is 0 Å². The predicted molar refractivity (Wildman–Crippen MR) is 117 cm³/mol. The number of likely N-dealkylation sites (tertiary alicyclic amines) is 1. The molecule has 2 aliphatic rings. The predicted octanol–water partition coefficient (Wildman–Crippen LogP) is 5.80. The van der Waals surface area contributed by atoms with Gasteiger partial charge in [0.05, 0.1) is 0 Å². The summed E-state index contributed by atoms with van der Waals surface area (Å²) < 4.78 is 2.58. The maximum absolute atomic E-state index is 2.72. The molecule has 144 valence electrons. The first-order valence-electron chi connectivity index (χ1n) is 10.6. The number of hydrogen-bond acceptors (Lipinski definition) is 3. The van der Waals surface area contributed by atoms with Crippen molar-refractivity contribution in [1.82, 2.24) is 9.21 Å². The van der Waals surface area contributed by atoms with Gasteiger partial charge in [0.25, 0.3) is 0 Å². The maximum atomic E-state index is 2.72. The molecule has 0 saturated carbocycles. The first kappa shape index (κ1) is 19.0. The van der Waals surface area contributed by atoms with Crippen LogP contribution in [-0.4, -0.2) is 41.9 Å². The first-order chi connectivity index (χ1) is 13.3. The molecule has 2 fully saturated rings. The minimum absolute atomic E-state index is 0.889. The molecule has 0 radical (unpaired) electrons. The molecule has 2 heterocycles. The highest BCUT2D eigenvalue weighted by atomic mass is 32.2. The van der Waals surface area contributed by atoms with E-state index in [0.717, 1.165) is 11.8 Å². The lowest BCUT2D eigenvalue weighted by molar-refractivity contribution is 0.144. The third-order valence-corrected chi connectivity index (χ3v) is 7.34. The Hall–Kier alpha value is -1.29. The van der Waals surface area contributed by atoms with Gasteiger partial charge in [-0.2, -0.15) is 0 Å². The van der Waals surface area contributed by atoms with Gasteiger partial charge in [-0.25, -0.2) is 4.31 Å². The Morgan fingerprint density at radius 3 is 2.22 bits per heavy atom. The van der Waals surface area contributed by atoms with Crippen molar-refractivity contribution in [3.63, 3.8) is 0 Å². The molecule has 0 atom stereocenters. The summed E-state index contributed by atoms with van der Waals surface area (Å²) in [7, 11) is 0. The van der Waals surface area contributed by atoms with Gasteiger partial charge >= 0.3 is 0 Å². The van der Waals surface area contributed by atoms with Crippen LogP contribution in [0.2, 0.25) is 0 Å². The second-order valence-electron chi connectivity index (χ2n) is 8.31. The fourth-order valence-electron chi connectivity index (χ4n) is 4.33. The molecule has 0 N–H and O–H groups in total. The van der Waals surface area contributed by atoms with E-state index in [1.54, 1.807) is 0 Å². The average Bonchev–Trinajstić information content (AvgIpc) is 2.72. The van der Waals surface area contributed by atoms with Crippen LogP contribution in [0.5, 0.6) is 0 Å². The Balaban J connectivity index is 1.31. The number of piperidine rings is 2. The molecule has 0 amide bonds. The monoisotopic (exact) mass is 380 g/mol. The van der Waals surface area contributed by atoms with E-state index in [1.165, 1.54) is 74.4 Å². The Labute approximate surface area is 169 Å². The van der Waals surface area contributed by atoms with Crippen molar-refractivity contribution >= 4 is 11.9 Å². The first-order valence-corrected chi connectivity index (χ1v) is 11.3. The van der Waals surface area contributed by atoms with Crippen LogP contribution >= 0.6 is 11.9 Å². The van der Waals surface area contributed by atoms with Crippen LogP contribution in [0.4, 0.5) is 0 Å². The van der Waals surface area contributed by atoms with Crippen LogP contribution in [-0.2, 0) is 0 Å². The summed E-state index contributed by atoms with van der Waals surface area (Å²) in [6.45, 7) is 8.79. The van der Waals surface area contributed by atoms with E-state index < -0.39 is 0 Å². The zero-order valence-corrected chi connectivity index (χ0v) is 17.3. The average molecular weight is 381 g/mol. The molecule has 0 bridgehead atoms. The zero-order valence-electron chi connectivity index (χ0n) is 16.5. The van der Waals surface area contributed by atoms with Crippen molar-refractivity contribution in [2.24, 2.45) is 11.8 Å². The van der Waals surface area contributed by atoms with Gasteiger partial charge in [-0.3, -0.25) is 0 Å². The van der Waals surface area contributed by atoms with Crippen molar-refractivity contribution in [2.75, 3.05) is 32.7 Å². The van der Waals surface area contributed by atoms with Gasteiger partial charge in [-0.1, -0.05) is 55.5 Å². The van der Waals surface area contributed by atoms with E-state index in [0.29, 0.717) is 0 Å². The lowest BCUT2D eigenvalue weighted by atomic mass is 9.94. The van der Waals surface area contributed by atoms with Crippen molar-refractivity contribution in [2.45, 2.75) is 37.5 Å². The molecule has 0 aromatic heterocycles. The lowest BCUT2D eigenvalue weighted by Crippen LogP contribution is -2.39. The van der Waals surface area contributed by atoms with E-state index in [2.05, 4.69) is 70.7 Å². The van der Waals surface area contributed by atoms with Gasteiger partial charge in [0.1, 0.15) is 0 Å². The van der Waals surface area contributed by atoms with E-state index in [9.17, 15) is 0 Å². The van der Waals surface area contributed by atoms with Crippen molar-refractivity contribution < 1.29 is 0 Å². The SMILES string of the molecule is CC1CCN(CC2CCN(Sc3ccccc3-c3ccccc3)CC2)CC1. The van der Waals surface area contributed by atoms with Crippen LogP contribution in [0.15, 0.2) is 59.5 Å². The molecule has 0 aliphatic carbocycles. The van der Waals surface area contributed by atoms with E-state index in [1.807, 2.05) is 11.9 Å². The van der Waals surface area contributed by atoms with Crippen LogP contribution < -0.4 is 0 Å². The topological polar surface area (TPSA) is 6.48 Å². The zero-order chi connectivity index (χ0) is 18.5. The molecule has 3 heteroatoms. The van der Waals surface area contributed by atoms with Crippen molar-refractivity contribution in [3.05, 3.63) is 54.6 Å². The number of hydrogen-bond donors (Lipinski definition) is 0. The van der Waals surface area contributed by atoms with E-state index in [-0.39, 0.29) is 0 Å². The van der Waals surface area contributed by atoms with Crippen LogP contribution in [0.25, 0.3) is 11.1 Å². The van der Waals surface area contributed by atoms with Crippen LogP contribution in [0, 0.1) is 11.8 Å². The van der Waals surface area contributed by atoms with E-state index in [4.69, 9.17) is 0 Å². The summed E-state index contributed by atoms with van der Waals surface area (Å²) in [6, 6.07) is 19.6. The molecule has 2 aliphatic heterocycles. The summed E-state index contributed by atoms with van der Waals surface area (Å²) >= 11 is 1.95. The normalized spacial score (nSPS) is 20.8. The third-order valence-electron chi connectivity index (χ3n) is 6.17. The molecule has 27 heavy (non-hydrogen) atoms. The Morgan fingerprint density at radius 1 is 0.815 bits per heavy atom. The molecule has 2 saturated heterocycles. The van der Waals surface area contributed by atoms with Gasteiger partial charge in [0.2, 0.25) is 0 Å². The third kappa shape index (κ3) is 5.16. The Bertz CT molecular complexity index is 701. The molecule has 2 aromatic carbocycles. The summed E-state index contributed by atoms with van der Waals surface area (Å²) in [5.41, 5.74) is 2.67. The van der Waals surface area contributed by atoms with Crippen LogP contribution in [0.1, 0.15) is 32.6 Å². The largest absolute Gasteiger partial charge is 0.303 e. The number of rotatable bonds is 5. The standard InChI is InChI=1S/C24H32N2S/c1-20-11-15-25(16-12-20)19-21-13-17-26(18-14-21)27-24-10-6-5-9-23(24)22-7-3-2-4-8-22/h2-10,20-21H,11-19H2,1H3. The fraction of sp³-hybridized carbons (Fsp3) is 0.500. The van der Waals surface area contributed by atoms with Gasteiger partial charge in [-0.05, 0) is 79.7 Å². The second-order valence-corrected chi connectivity index (χ2v) is 9.45.